The van der Waals surface area contributed by atoms with Crippen LogP contribution in [-0.2, 0) is 4.79 Å². The first-order valence-electron chi connectivity index (χ1n) is 72.2. The molecule has 0 aliphatic heterocycles. The number of hydrogen-bond acceptors (Lipinski definition) is 2. The monoisotopic (exact) mass is 2070 g/mol. The van der Waals surface area contributed by atoms with Gasteiger partial charge in [0.15, 0.2) is 0 Å². The van der Waals surface area contributed by atoms with Crippen molar-refractivity contribution < 1.29 is 9.90 Å². The highest BCUT2D eigenvalue weighted by Crippen LogP contribution is 2.28. The molecule has 2 N–H and O–H groups in total. The second-order valence-electron chi connectivity index (χ2n) is 50.7. The summed E-state index contributed by atoms with van der Waals surface area (Å²) < 4.78 is 0. The molecule has 882 valence electrons. The predicted molar refractivity (Wildman–Crippen MR) is 673 cm³/mol. The lowest BCUT2D eigenvalue weighted by molar-refractivity contribution is -0.137. The van der Waals surface area contributed by atoms with Crippen LogP contribution in [-0.4, -0.2) is 24.2 Å². The molecule has 0 aromatic carbocycles. The predicted octanol–water partition coefficient (Wildman–Crippen LogP) is 54.3. The van der Waals surface area contributed by atoms with Gasteiger partial charge in [-0.2, -0.15) is 0 Å². The highest BCUT2D eigenvalue weighted by atomic mass is 16.4. The van der Waals surface area contributed by atoms with Gasteiger partial charge in [0.1, 0.15) is 0 Å². The summed E-state index contributed by atoms with van der Waals surface area (Å²) in [4.78, 5) is 10.6. The average molecular weight is 2070 g/mol. The zero-order chi connectivity index (χ0) is 105. The van der Waals surface area contributed by atoms with Crippen LogP contribution in [0.25, 0.3) is 0 Å². The molecule has 0 aromatic heterocycles. The van der Waals surface area contributed by atoms with Gasteiger partial charge in [-0.15, -0.1) is 0 Å². The van der Waals surface area contributed by atoms with Gasteiger partial charge in [0.2, 0.25) is 0 Å². The number of unbranched alkanes of at least 4 members (excludes halogenated alkanes) is 137. The van der Waals surface area contributed by atoms with E-state index in [1.165, 1.54) is 886 Å². The van der Waals surface area contributed by atoms with E-state index in [1.807, 2.05) is 0 Å². The highest BCUT2D eigenvalue weighted by molar-refractivity contribution is 5.66. The molecule has 0 aliphatic rings. The normalized spacial score (nSPS) is 11.8. The summed E-state index contributed by atoms with van der Waals surface area (Å²) in [5.41, 5.74) is 0. The quantitative estimate of drug-likeness (QED) is 0.0597. The van der Waals surface area contributed by atoms with Crippen molar-refractivity contribution in [1.82, 2.24) is 5.32 Å². The summed E-state index contributed by atoms with van der Waals surface area (Å²) >= 11 is 0. The Morgan fingerprint density at radius 2 is 0.163 bits per heavy atom. The maximum absolute atomic E-state index is 10.6. The Labute approximate surface area is 933 Å². The number of carboxylic acids is 1. The molecule has 0 radical (unpaired) electrons. The summed E-state index contributed by atoms with van der Waals surface area (Å²) in [6.07, 6.45) is 206. The molecular formula is C144H289NO2. The molecule has 0 bridgehead atoms. The Hall–Kier alpha value is -0.570. The fraction of sp³-hybridized carbons (Fsp3) is 0.993. The lowest BCUT2D eigenvalue weighted by atomic mass is 10.0. The van der Waals surface area contributed by atoms with Crippen LogP contribution in [0.2, 0.25) is 0 Å². The van der Waals surface area contributed by atoms with Gasteiger partial charge in [-0.3, -0.25) is 4.79 Å². The number of rotatable bonds is 143. The molecule has 0 amide bonds. The second kappa shape index (κ2) is 143. The van der Waals surface area contributed by atoms with Crippen LogP contribution in [0.4, 0.5) is 0 Å². The number of aliphatic carboxylic acids is 1. The first-order chi connectivity index (χ1) is 73.3. The molecular weight excluding hydrogens is 1780 g/mol. The molecule has 3 heteroatoms. The lowest BCUT2D eigenvalue weighted by Crippen LogP contribution is -2.17. The van der Waals surface area contributed by atoms with Gasteiger partial charge in [-0.1, -0.05) is 887 Å². The third-order valence-electron chi connectivity index (χ3n) is 35.5. The molecule has 0 rings (SSSR count). The fourth-order valence-corrected chi connectivity index (χ4v) is 24.9. The Kier molecular flexibility index (Phi) is 143. The topological polar surface area (TPSA) is 49.3 Å². The van der Waals surface area contributed by atoms with Gasteiger partial charge in [-0.25, -0.2) is 0 Å². The summed E-state index contributed by atoms with van der Waals surface area (Å²) in [5.74, 6) is -0.684. The summed E-state index contributed by atoms with van der Waals surface area (Å²) in [6.45, 7) is 4.20. The van der Waals surface area contributed by atoms with Crippen molar-refractivity contribution in [3.8, 4) is 0 Å². The first-order valence-corrected chi connectivity index (χ1v) is 72.2. The number of carbonyl (C=O) groups is 1. The Morgan fingerprint density at radius 1 is 0.102 bits per heavy atom. The summed E-state index contributed by atoms with van der Waals surface area (Å²) in [7, 11) is 0. The van der Waals surface area contributed by atoms with Gasteiger partial charge in [0.25, 0.3) is 0 Å². The van der Waals surface area contributed by atoms with Gasteiger partial charge in [-0.05, 0) is 25.9 Å². The number of nitrogens with one attached hydrogen (secondary N) is 1. The van der Waals surface area contributed by atoms with E-state index in [0.717, 1.165) is 19.5 Å². The van der Waals surface area contributed by atoms with Crippen LogP contribution in [0.1, 0.15) is 906 Å². The molecule has 0 aromatic rings. The Balaban J connectivity index is 3.11. The van der Waals surface area contributed by atoms with Gasteiger partial charge < -0.3 is 10.4 Å². The van der Waals surface area contributed by atoms with Crippen LogP contribution in [0.15, 0.2) is 0 Å². The maximum Gasteiger partial charge on any atom is 0.303 e. The maximum atomic E-state index is 10.6. The van der Waals surface area contributed by atoms with Crippen LogP contribution >= 0.6 is 0 Å². The number of hydrogen-bond donors (Lipinski definition) is 2. The van der Waals surface area contributed by atoms with Crippen LogP contribution < -0.4 is 5.32 Å². The van der Waals surface area contributed by atoms with E-state index in [4.69, 9.17) is 5.11 Å². The highest BCUT2D eigenvalue weighted by Gasteiger charge is 2.09. The second-order valence-corrected chi connectivity index (χ2v) is 50.7. The third-order valence-corrected chi connectivity index (χ3v) is 35.5. The zero-order valence-electron chi connectivity index (χ0n) is 103. The third kappa shape index (κ3) is 145. The van der Waals surface area contributed by atoms with Crippen molar-refractivity contribution in [2.24, 2.45) is 0 Å². The number of carboxylic acid groups (broad SMARTS) is 1. The van der Waals surface area contributed by atoms with E-state index in [1.54, 1.807) is 0 Å². The zero-order valence-corrected chi connectivity index (χ0v) is 103. The van der Waals surface area contributed by atoms with E-state index >= 15 is 0 Å². The smallest absolute Gasteiger partial charge is 0.303 e. The molecule has 0 saturated heterocycles. The van der Waals surface area contributed by atoms with Crippen molar-refractivity contribution in [2.75, 3.05) is 13.1 Å². The molecule has 3 nitrogen and oxygen atoms in total. The van der Waals surface area contributed by atoms with E-state index in [9.17, 15) is 4.79 Å². The van der Waals surface area contributed by atoms with E-state index in [0.29, 0.717) is 0 Å². The minimum absolute atomic E-state index is 0.285. The lowest BCUT2D eigenvalue weighted by Gasteiger charge is -2.05. The van der Waals surface area contributed by atoms with Crippen molar-refractivity contribution >= 4 is 5.97 Å². The minimum atomic E-state index is -0.684. The van der Waals surface area contributed by atoms with Crippen LogP contribution in [0.3, 0.4) is 0 Å². The van der Waals surface area contributed by atoms with Gasteiger partial charge in [0, 0.05) is 6.42 Å². The fourth-order valence-electron chi connectivity index (χ4n) is 24.9. The SMILES string of the molecule is CCCCCCCCCCCCCCCCCCCCCCCCCCCCCCCCCCCCCCCCCCCCCCCCCCCCCCCCCCCCCCCCCCCCCCCCCCCCCCCCCCCCCCCCCCCCCCCCCCCCCCCCCCCCCCCCCCCCCCCCCCCCCCCCCCCCCCCCCCCCNCCCC(=O)O. The van der Waals surface area contributed by atoms with Crippen molar-refractivity contribution in [3.05, 3.63) is 0 Å². The van der Waals surface area contributed by atoms with Gasteiger partial charge >= 0.3 is 5.97 Å². The van der Waals surface area contributed by atoms with Crippen molar-refractivity contribution in [3.63, 3.8) is 0 Å². The molecule has 0 aliphatic carbocycles. The average Bonchev–Trinajstić information content (AvgIpc) is 1.11. The molecule has 0 spiro atoms. The van der Waals surface area contributed by atoms with Crippen LogP contribution in [0.5, 0.6) is 0 Å². The van der Waals surface area contributed by atoms with E-state index in [2.05, 4.69) is 12.2 Å². The minimum Gasteiger partial charge on any atom is -0.481 e. The molecule has 147 heavy (non-hydrogen) atoms. The molecule has 0 heterocycles. The van der Waals surface area contributed by atoms with E-state index < -0.39 is 5.97 Å². The summed E-state index contributed by atoms with van der Waals surface area (Å²) in [5, 5.41) is 12.1. The van der Waals surface area contributed by atoms with Crippen LogP contribution in [0, 0.1) is 0 Å². The molecule has 0 fully saturated rings. The Bertz CT molecular complexity index is 1930. The van der Waals surface area contributed by atoms with Crippen molar-refractivity contribution in [2.45, 2.75) is 906 Å². The van der Waals surface area contributed by atoms with E-state index in [-0.39, 0.29) is 6.42 Å². The molecule has 0 saturated carbocycles. The van der Waals surface area contributed by atoms with Gasteiger partial charge in [0.05, 0.1) is 0 Å². The largest absolute Gasteiger partial charge is 0.481 e. The molecule has 0 unspecified atom stereocenters. The molecule has 0 atom stereocenters. The van der Waals surface area contributed by atoms with Crippen molar-refractivity contribution in [1.29, 1.82) is 0 Å². The standard InChI is InChI=1S/C144H289NO2/c1-2-3-4-5-6-7-8-9-10-11-12-13-14-15-16-17-18-19-20-21-22-23-24-25-26-27-28-29-30-31-32-33-34-35-36-37-38-39-40-41-42-43-44-45-46-47-48-49-50-51-52-53-54-55-56-57-58-59-60-61-62-63-64-65-66-67-68-69-70-71-72-73-74-75-76-77-78-79-80-81-82-83-84-85-86-87-88-89-90-91-92-93-94-95-96-97-98-99-100-101-102-103-104-105-106-107-108-109-110-111-112-113-114-115-116-117-118-119-120-121-122-123-124-125-126-127-128-129-130-131-132-133-134-135-136-137-138-139-142-145-143-140-141-144(146)147/h145H,2-143H2,1H3,(H,146,147). The first kappa shape index (κ1) is 146. The Morgan fingerprint density at radius 3 is 0.231 bits per heavy atom. The summed E-state index contributed by atoms with van der Waals surface area (Å²) in [6, 6.07) is 0.